The van der Waals surface area contributed by atoms with Crippen molar-refractivity contribution in [3.63, 3.8) is 0 Å². The number of rotatable bonds is 4. The van der Waals surface area contributed by atoms with E-state index in [9.17, 15) is 9.67 Å². The minimum atomic E-state index is -2.78. The van der Waals surface area contributed by atoms with Crippen molar-refractivity contribution in [1.82, 2.24) is 4.67 Å². The number of aliphatic hydroxyl groups excluding tert-OH is 1. The summed E-state index contributed by atoms with van der Waals surface area (Å²) < 4.78 is 15.5. The van der Waals surface area contributed by atoms with Gasteiger partial charge in [0, 0.05) is 17.2 Å². The second kappa shape index (κ2) is 4.93. The topological polar surface area (TPSA) is 40.3 Å². The number of aliphatic hydroxyl groups is 1. The highest BCUT2D eigenvalue weighted by molar-refractivity contribution is 7.76. The van der Waals surface area contributed by atoms with Crippen LogP contribution in [0.4, 0.5) is 0 Å². The summed E-state index contributed by atoms with van der Waals surface area (Å²) in [5.74, 6) is 0. The van der Waals surface area contributed by atoms with Gasteiger partial charge in [0.25, 0.3) is 0 Å². The van der Waals surface area contributed by atoms with Crippen LogP contribution < -0.4 is 10.6 Å². The molecule has 0 spiro atoms. The summed E-state index contributed by atoms with van der Waals surface area (Å²) in [6.07, 6.45) is 0. The summed E-state index contributed by atoms with van der Waals surface area (Å²) in [4.78, 5) is 0. The second-order valence-electron chi connectivity index (χ2n) is 4.71. The van der Waals surface area contributed by atoms with Gasteiger partial charge in [0.15, 0.2) is 0 Å². The van der Waals surface area contributed by atoms with Crippen LogP contribution in [0.2, 0.25) is 0 Å². The van der Waals surface area contributed by atoms with Crippen molar-refractivity contribution < 1.29 is 9.67 Å². The molecule has 2 atom stereocenters. The van der Waals surface area contributed by atoms with E-state index in [-0.39, 0.29) is 12.6 Å². The lowest BCUT2D eigenvalue weighted by Gasteiger charge is -2.21. The maximum absolute atomic E-state index is 13.6. The summed E-state index contributed by atoms with van der Waals surface area (Å²) in [5.41, 5.74) is 0. The highest BCUT2D eigenvalue weighted by Gasteiger charge is 2.48. The third kappa shape index (κ3) is 2.14. The molecule has 0 saturated carbocycles. The predicted molar refractivity (Wildman–Crippen MR) is 77.3 cm³/mol. The summed E-state index contributed by atoms with van der Waals surface area (Å²) in [6, 6.07) is 19.1. The van der Waals surface area contributed by atoms with Crippen LogP contribution in [-0.4, -0.2) is 29.0 Å². The lowest BCUT2D eigenvalue weighted by molar-refractivity contribution is 0.287. The summed E-state index contributed by atoms with van der Waals surface area (Å²) >= 11 is 0. The number of hydrogen-bond donors (Lipinski definition) is 1. The maximum atomic E-state index is 13.6. The zero-order valence-corrected chi connectivity index (χ0v) is 11.4. The minimum Gasteiger partial charge on any atom is -0.395 e. The zero-order valence-electron chi connectivity index (χ0n) is 10.5. The van der Waals surface area contributed by atoms with Crippen molar-refractivity contribution in [1.29, 1.82) is 0 Å². The Morgan fingerprint density at radius 3 is 1.84 bits per heavy atom. The van der Waals surface area contributed by atoms with E-state index in [2.05, 4.69) is 0 Å². The molecule has 1 heterocycles. The Hall–Kier alpha value is -1.41. The van der Waals surface area contributed by atoms with E-state index in [0.29, 0.717) is 6.54 Å². The molecule has 2 aromatic rings. The molecule has 0 radical (unpaired) electrons. The van der Waals surface area contributed by atoms with Gasteiger partial charge < -0.3 is 5.11 Å². The van der Waals surface area contributed by atoms with Crippen molar-refractivity contribution in [2.75, 3.05) is 13.2 Å². The standard InChI is InChI=1S/C15H16NO2P/c17-12-13-11-16(13)19(18,14-7-3-1-4-8-14)15-9-5-2-6-10-15/h1-10,13,17H,11-12H2/t13-,16?/m0/s1. The molecule has 0 aliphatic carbocycles. The molecule has 1 unspecified atom stereocenters. The first kappa shape index (κ1) is 12.6. The van der Waals surface area contributed by atoms with Crippen molar-refractivity contribution in [3.8, 4) is 0 Å². The highest BCUT2D eigenvalue weighted by atomic mass is 31.2. The van der Waals surface area contributed by atoms with Gasteiger partial charge in [-0.15, -0.1) is 0 Å². The molecular formula is C15H16NO2P. The van der Waals surface area contributed by atoms with Gasteiger partial charge in [-0.1, -0.05) is 36.4 Å². The molecule has 2 aromatic carbocycles. The van der Waals surface area contributed by atoms with Crippen LogP contribution in [0.15, 0.2) is 60.7 Å². The molecule has 1 aliphatic rings. The Kier molecular flexibility index (Phi) is 3.28. The van der Waals surface area contributed by atoms with E-state index >= 15 is 0 Å². The van der Waals surface area contributed by atoms with Crippen molar-refractivity contribution >= 4 is 17.9 Å². The molecule has 1 saturated heterocycles. The van der Waals surface area contributed by atoms with Crippen molar-refractivity contribution in [3.05, 3.63) is 60.7 Å². The van der Waals surface area contributed by atoms with E-state index in [4.69, 9.17) is 0 Å². The Bertz CT molecular complexity index is 557. The van der Waals surface area contributed by atoms with Gasteiger partial charge >= 0.3 is 0 Å². The largest absolute Gasteiger partial charge is 0.395 e. The van der Waals surface area contributed by atoms with Crippen LogP contribution in [0, 0.1) is 0 Å². The Balaban J connectivity index is 2.10. The SMILES string of the molecule is O=P(c1ccccc1)(c1ccccc1)N1C[C@H]1CO. The summed E-state index contributed by atoms with van der Waals surface area (Å²) in [7, 11) is -2.78. The lowest BCUT2D eigenvalue weighted by Crippen LogP contribution is -2.23. The van der Waals surface area contributed by atoms with E-state index in [1.54, 1.807) is 0 Å². The molecule has 1 aliphatic heterocycles. The fourth-order valence-corrected chi connectivity index (χ4v) is 5.37. The Morgan fingerprint density at radius 1 is 1.00 bits per heavy atom. The van der Waals surface area contributed by atoms with Crippen LogP contribution in [0.5, 0.6) is 0 Å². The van der Waals surface area contributed by atoms with Gasteiger partial charge in [-0.25, -0.2) is 4.67 Å². The van der Waals surface area contributed by atoms with Gasteiger partial charge in [-0.05, 0) is 24.3 Å². The number of nitrogens with zero attached hydrogens (tertiary/aromatic N) is 1. The van der Waals surface area contributed by atoms with E-state index in [1.807, 2.05) is 65.3 Å². The molecular weight excluding hydrogens is 257 g/mol. The molecule has 1 fully saturated rings. The first-order valence-electron chi connectivity index (χ1n) is 6.36. The maximum Gasteiger partial charge on any atom is 0.207 e. The van der Waals surface area contributed by atoms with Crippen molar-refractivity contribution in [2.45, 2.75) is 6.04 Å². The second-order valence-corrected chi connectivity index (χ2v) is 7.40. The zero-order chi connectivity index (χ0) is 13.3. The van der Waals surface area contributed by atoms with Crippen LogP contribution in [0.25, 0.3) is 0 Å². The predicted octanol–water partition coefficient (Wildman–Crippen LogP) is 1.59. The van der Waals surface area contributed by atoms with E-state index in [0.717, 1.165) is 10.6 Å². The molecule has 0 bridgehead atoms. The first-order valence-corrected chi connectivity index (χ1v) is 8.02. The van der Waals surface area contributed by atoms with Crippen LogP contribution in [0.1, 0.15) is 0 Å². The molecule has 0 aromatic heterocycles. The highest BCUT2D eigenvalue weighted by Crippen LogP contribution is 2.54. The van der Waals surface area contributed by atoms with Gasteiger partial charge in [-0.2, -0.15) is 0 Å². The third-order valence-electron chi connectivity index (χ3n) is 3.47. The minimum absolute atomic E-state index is 0.0197. The number of benzene rings is 2. The lowest BCUT2D eigenvalue weighted by atomic mass is 10.4. The van der Waals surface area contributed by atoms with E-state index < -0.39 is 7.29 Å². The average Bonchev–Trinajstić information content (AvgIpc) is 3.28. The molecule has 3 rings (SSSR count). The summed E-state index contributed by atoms with van der Waals surface area (Å²) in [6.45, 7) is 0.751. The molecule has 98 valence electrons. The molecule has 3 nitrogen and oxygen atoms in total. The van der Waals surface area contributed by atoms with Gasteiger partial charge in [0.2, 0.25) is 7.29 Å². The van der Waals surface area contributed by atoms with Crippen LogP contribution in [-0.2, 0) is 4.57 Å². The molecule has 4 heteroatoms. The fourth-order valence-electron chi connectivity index (χ4n) is 2.37. The quantitative estimate of drug-likeness (QED) is 0.679. The molecule has 19 heavy (non-hydrogen) atoms. The molecule has 1 N–H and O–H groups in total. The van der Waals surface area contributed by atoms with Crippen molar-refractivity contribution in [2.24, 2.45) is 0 Å². The monoisotopic (exact) mass is 273 g/mol. The first-order chi connectivity index (χ1) is 9.26. The van der Waals surface area contributed by atoms with Gasteiger partial charge in [0.05, 0.1) is 12.6 Å². The van der Waals surface area contributed by atoms with Crippen LogP contribution >= 0.6 is 7.29 Å². The number of hydrogen-bond acceptors (Lipinski definition) is 2. The Morgan fingerprint density at radius 2 is 1.47 bits per heavy atom. The smallest absolute Gasteiger partial charge is 0.207 e. The Labute approximate surface area is 112 Å². The van der Waals surface area contributed by atoms with Gasteiger partial charge in [-0.3, -0.25) is 4.57 Å². The fraction of sp³-hybridized carbons (Fsp3) is 0.200. The molecule has 0 amide bonds. The summed E-state index contributed by atoms with van der Waals surface area (Å²) in [5, 5.41) is 10.9. The van der Waals surface area contributed by atoms with Gasteiger partial charge in [0.1, 0.15) is 0 Å². The average molecular weight is 273 g/mol. The van der Waals surface area contributed by atoms with Crippen LogP contribution in [0.3, 0.4) is 0 Å². The normalized spacial score (nSPS) is 22.2. The third-order valence-corrected chi connectivity index (χ3v) is 6.68. The van der Waals surface area contributed by atoms with E-state index in [1.165, 1.54) is 0 Å².